The molecule has 1 saturated carbocycles. The molecule has 1 aromatic carbocycles. The van der Waals surface area contributed by atoms with Gasteiger partial charge in [0.05, 0.1) is 5.92 Å². The Morgan fingerprint density at radius 2 is 1.88 bits per heavy atom. The van der Waals surface area contributed by atoms with Crippen molar-refractivity contribution in [3.8, 4) is 0 Å². The minimum Gasteiger partial charge on any atom is -0.339 e. The number of aromatic nitrogens is 2. The van der Waals surface area contributed by atoms with Gasteiger partial charge in [0.25, 0.3) is 0 Å². The van der Waals surface area contributed by atoms with E-state index >= 15 is 0 Å². The summed E-state index contributed by atoms with van der Waals surface area (Å²) in [5, 5.41) is 13.0. The van der Waals surface area contributed by atoms with E-state index in [0.29, 0.717) is 29.7 Å². The maximum absolute atomic E-state index is 12.8. The molecule has 3 fully saturated rings. The standard InChI is InChI=1S/C24H28ClN5O3S/c1-14-7-8-18(11-19(14)25)30-13-16(10-21(30)32)23-27-28-24(34-23)26-22(33)15-9-20(31)29(12-15)17-5-3-2-4-6-17/h7-8,11,15-17H,2-6,9-10,12-13H2,1H3,(H,26,28,33). The van der Waals surface area contributed by atoms with Crippen molar-refractivity contribution >= 4 is 51.5 Å². The second-order valence-corrected chi connectivity index (χ2v) is 10.9. The molecule has 1 N–H and O–H groups in total. The number of rotatable bonds is 5. The summed E-state index contributed by atoms with van der Waals surface area (Å²) in [6.45, 7) is 2.90. The van der Waals surface area contributed by atoms with Gasteiger partial charge in [-0.05, 0) is 37.5 Å². The first kappa shape index (κ1) is 23.2. The number of hydrogen-bond acceptors (Lipinski definition) is 6. The topological polar surface area (TPSA) is 95.5 Å². The molecule has 0 bridgehead atoms. The Labute approximate surface area is 207 Å². The van der Waals surface area contributed by atoms with Crippen LogP contribution in [0.3, 0.4) is 0 Å². The Hall–Kier alpha value is -2.52. The lowest BCUT2D eigenvalue weighted by Crippen LogP contribution is -2.38. The fourth-order valence-corrected chi connectivity index (χ4v) is 6.19. The number of aryl methyl sites for hydroxylation is 1. The molecule has 1 aromatic heterocycles. The summed E-state index contributed by atoms with van der Waals surface area (Å²) in [7, 11) is 0. The van der Waals surface area contributed by atoms with Crippen LogP contribution in [0.15, 0.2) is 18.2 Å². The number of hydrogen-bond donors (Lipinski definition) is 1. The van der Waals surface area contributed by atoms with Gasteiger partial charge in [-0.2, -0.15) is 0 Å². The third-order valence-electron chi connectivity index (χ3n) is 7.16. The van der Waals surface area contributed by atoms with Crippen molar-refractivity contribution in [2.75, 3.05) is 23.3 Å². The molecule has 10 heteroatoms. The van der Waals surface area contributed by atoms with Crippen LogP contribution < -0.4 is 10.2 Å². The normalized spacial score (nSPS) is 23.7. The predicted octanol–water partition coefficient (Wildman–Crippen LogP) is 4.14. The van der Waals surface area contributed by atoms with E-state index in [9.17, 15) is 14.4 Å². The van der Waals surface area contributed by atoms with Crippen LogP contribution in [0.2, 0.25) is 5.02 Å². The molecule has 34 heavy (non-hydrogen) atoms. The summed E-state index contributed by atoms with van der Waals surface area (Å²) in [5.41, 5.74) is 1.73. The number of carbonyl (C=O) groups excluding carboxylic acids is 3. The molecule has 2 unspecified atom stereocenters. The van der Waals surface area contributed by atoms with Gasteiger partial charge >= 0.3 is 0 Å². The molecule has 3 heterocycles. The van der Waals surface area contributed by atoms with Gasteiger partial charge in [0.2, 0.25) is 22.9 Å². The monoisotopic (exact) mass is 501 g/mol. The summed E-state index contributed by atoms with van der Waals surface area (Å²) in [6.07, 6.45) is 6.18. The predicted molar refractivity (Wildman–Crippen MR) is 131 cm³/mol. The Kier molecular flexibility index (Phi) is 6.57. The second-order valence-electron chi connectivity index (χ2n) is 9.51. The highest BCUT2D eigenvalue weighted by atomic mass is 35.5. The number of likely N-dealkylation sites (tertiary alicyclic amines) is 1. The Morgan fingerprint density at radius 1 is 1.09 bits per heavy atom. The third kappa shape index (κ3) is 4.68. The van der Waals surface area contributed by atoms with Crippen LogP contribution in [-0.4, -0.2) is 52.0 Å². The van der Waals surface area contributed by atoms with Crippen molar-refractivity contribution in [3.63, 3.8) is 0 Å². The van der Waals surface area contributed by atoms with Gasteiger partial charge in [-0.3, -0.25) is 14.4 Å². The number of amides is 3. The van der Waals surface area contributed by atoms with Crippen molar-refractivity contribution in [1.82, 2.24) is 15.1 Å². The molecule has 1 aliphatic carbocycles. The molecule has 2 aliphatic heterocycles. The molecule has 0 spiro atoms. The highest BCUT2D eigenvalue weighted by Gasteiger charge is 2.39. The van der Waals surface area contributed by atoms with Gasteiger partial charge in [-0.15, -0.1) is 10.2 Å². The number of carbonyl (C=O) groups is 3. The first-order valence-electron chi connectivity index (χ1n) is 11.9. The van der Waals surface area contributed by atoms with E-state index in [-0.39, 0.29) is 42.0 Å². The lowest BCUT2D eigenvalue weighted by molar-refractivity contribution is -0.130. The molecule has 8 nitrogen and oxygen atoms in total. The molecule has 180 valence electrons. The van der Waals surface area contributed by atoms with Crippen molar-refractivity contribution in [2.45, 2.75) is 63.8 Å². The Balaban J connectivity index is 1.20. The lowest BCUT2D eigenvalue weighted by atomic mass is 9.94. The highest BCUT2D eigenvalue weighted by molar-refractivity contribution is 7.15. The van der Waals surface area contributed by atoms with Gasteiger partial charge < -0.3 is 15.1 Å². The van der Waals surface area contributed by atoms with Crippen molar-refractivity contribution < 1.29 is 14.4 Å². The van der Waals surface area contributed by atoms with E-state index in [4.69, 9.17) is 11.6 Å². The van der Waals surface area contributed by atoms with Crippen LogP contribution in [0.5, 0.6) is 0 Å². The Morgan fingerprint density at radius 3 is 2.65 bits per heavy atom. The van der Waals surface area contributed by atoms with Crippen molar-refractivity contribution in [3.05, 3.63) is 33.8 Å². The third-order valence-corrected chi connectivity index (χ3v) is 8.57. The van der Waals surface area contributed by atoms with E-state index < -0.39 is 0 Å². The van der Waals surface area contributed by atoms with Crippen LogP contribution in [0.25, 0.3) is 0 Å². The average Bonchev–Trinajstić information content (AvgIpc) is 3.55. The van der Waals surface area contributed by atoms with Crippen LogP contribution in [0.1, 0.15) is 61.4 Å². The smallest absolute Gasteiger partial charge is 0.231 e. The van der Waals surface area contributed by atoms with Gasteiger partial charge in [0, 0.05) is 48.6 Å². The maximum atomic E-state index is 12.8. The van der Waals surface area contributed by atoms with E-state index in [1.807, 2.05) is 30.0 Å². The summed E-state index contributed by atoms with van der Waals surface area (Å²) in [5.74, 6) is -0.557. The Bertz CT molecular complexity index is 1120. The minimum atomic E-state index is -0.364. The zero-order chi connectivity index (χ0) is 23.8. The zero-order valence-corrected chi connectivity index (χ0v) is 20.7. The van der Waals surface area contributed by atoms with Crippen molar-refractivity contribution in [2.24, 2.45) is 5.92 Å². The summed E-state index contributed by atoms with van der Waals surface area (Å²) >= 11 is 7.53. The van der Waals surface area contributed by atoms with E-state index in [1.165, 1.54) is 17.8 Å². The maximum Gasteiger partial charge on any atom is 0.231 e. The number of nitrogens with one attached hydrogen (secondary N) is 1. The van der Waals surface area contributed by atoms with E-state index in [1.54, 1.807) is 4.90 Å². The lowest BCUT2D eigenvalue weighted by Gasteiger charge is -2.31. The number of anilines is 2. The van der Waals surface area contributed by atoms with Crippen molar-refractivity contribution in [1.29, 1.82) is 0 Å². The number of nitrogens with zero attached hydrogens (tertiary/aromatic N) is 4. The largest absolute Gasteiger partial charge is 0.339 e. The van der Waals surface area contributed by atoms with E-state index in [2.05, 4.69) is 15.5 Å². The molecule has 0 radical (unpaired) electrons. The number of halogens is 1. The van der Waals surface area contributed by atoms with E-state index in [0.717, 1.165) is 41.9 Å². The second kappa shape index (κ2) is 9.62. The molecule has 3 aliphatic rings. The molecule has 2 atom stereocenters. The SMILES string of the molecule is Cc1ccc(N2CC(c3nnc(NC(=O)C4CC(=O)N(C5CCCCC5)C4)s3)CC2=O)cc1Cl. The molecule has 3 amide bonds. The zero-order valence-electron chi connectivity index (χ0n) is 19.1. The quantitative estimate of drug-likeness (QED) is 0.664. The van der Waals surface area contributed by atoms with Gasteiger partial charge in [-0.25, -0.2) is 0 Å². The average molecular weight is 502 g/mol. The molecular weight excluding hydrogens is 474 g/mol. The summed E-state index contributed by atoms with van der Waals surface area (Å²) < 4.78 is 0. The van der Waals surface area contributed by atoms with Crippen LogP contribution >= 0.6 is 22.9 Å². The van der Waals surface area contributed by atoms with Crippen LogP contribution in [-0.2, 0) is 14.4 Å². The molecular formula is C24H28ClN5O3S. The number of benzene rings is 1. The molecule has 5 rings (SSSR count). The fraction of sp³-hybridized carbons (Fsp3) is 0.542. The first-order chi connectivity index (χ1) is 16.4. The first-order valence-corrected chi connectivity index (χ1v) is 13.1. The van der Waals surface area contributed by atoms with Gasteiger partial charge in [0.15, 0.2) is 0 Å². The summed E-state index contributed by atoms with van der Waals surface area (Å²) in [4.78, 5) is 41.6. The minimum absolute atomic E-state index is 0.0120. The van der Waals surface area contributed by atoms with Gasteiger partial charge in [0.1, 0.15) is 5.01 Å². The fourth-order valence-electron chi connectivity index (χ4n) is 5.18. The summed E-state index contributed by atoms with van der Waals surface area (Å²) in [6, 6.07) is 5.88. The molecule has 2 saturated heterocycles. The van der Waals surface area contributed by atoms with Crippen LogP contribution in [0.4, 0.5) is 10.8 Å². The highest BCUT2D eigenvalue weighted by Crippen LogP contribution is 2.36. The molecule has 2 aromatic rings. The van der Waals surface area contributed by atoms with Crippen LogP contribution in [0, 0.1) is 12.8 Å². The van der Waals surface area contributed by atoms with Gasteiger partial charge in [-0.1, -0.05) is 48.3 Å².